The first-order valence-corrected chi connectivity index (χ1v) is 12.8. The molecule has 0 spiro atoms. The van der Waals surface area contributed by atoms with Gasteiger partial charge in [-0.25, -0.2) is 13.6 Å². The molecule has 1 aromatic carbocycles. The summed E-state index contributed by atoms with van der Waals surface area (Å²) in [6.07, 6.45) is 4.47. The number of alkyl halides is 2. The molecule has 2 saturated carbocycles. The Kier molecular flexibility index (Phi) is 6.20. The van der Waals surface area contributed by atoms with Crippen LogP contribution in [-0.2, 0) is 16.0 Å². The van der Waals surface area contributed by atoms with E-state index in [1.54, 1.807) is 19.1 Å². The fourth-order valence-electron chi connectivity index (χ4n) is 7.72. The van der Waals surface area contributed by atoms with Crippen LogP contribution in [0.3, 0.4) is 0 Å². The summed E-state index contributed by atoms with van der Waals surface area (Å²) in [7, 11) is 0. The summed E-state index contributed by atoms with van der Waals surface area (Å²) < 4.78 is 36.2. The normalized spacial score (nSPS) is 34.1. The number of hydrogen-bond acceptors (Lipinski definition) is 3. The third-order valence-electron chi connectivity index (χ3n) is 9.42. The van der Waals surface area contributed by atoms with Crippen molar-refractivity contribution >= 4 is 11.9 Å². The van der Waals surface area contributed by atoms with Crippen molar-refractivity contribution in [3.63, 3.8) is 0 Å². The topological polar surface area (TPSA) is 66.8 Å². The Morgan fingerprint density at radius 2 is 1.97 bits per heavy atom. The van der Waals surface area contributed by atoms with Gasteiger partial charge in [-0.15, -0.1) is 0 Å². The van der Waals surface area contributed by atoms with Gasteiger partial charge in [-0.05, 0) is 85.5 Å². The minimum atomic E-state index is -2.69. The van der Waals surface area contributed by atoms with Gasteiger partial charge in [-0.1, -0.05) is 13.0 Å². The third-order valence-corrected chi connectivity index (χ3v) is 9.42. The van der Waals surface area contributed by atoms with Gasteiger partial charge in [-0.3, -0.25) is 4.79 Å². The van der Waals surface area contributed by atoms with Crippen LogP contribution in [0.1, 0.15) is 79.3 Å². The molecule has 1 saturated heterocycles. The number of ether oxygens (including phenoxy) is 1. The fraction of sp³-hybridized carbons (Fsp3) is 0.704. The van der Waals surface area contributed by atoms with E-state index in [2.05, 4.69) is 0 Å². The maximum Gasteiger partial charge on any atom is 0.335 e. The highest BCUT2D eigenvalue weighted by Gasteiger charge is 2.67. The van der Waals surface area contributed by atoms with Crippen molar-refractivity contribution in [2.24, 2.45) is 23.2 Å². The van der Waals surface area contributed by atoms with Crippen LogP contribution in [0.25, 0.3) is 0 Å². The SMILES string of the molecule is C[C@]12CC[C@@H]3c4ccc(C(=O)O)cc4CC[C@H]3C1C(CCCC(=O)N1CCOCC1)CC2(F)F. The quantitative estimate of drug-likeness (QED) is 0.641. The highest BCUT2D eigenvalue weighted by molar-refractivity contribution is 5.88. The Labute approximate surface area is 199 Å². The number of aromatic carboxylic acids is 1. The molecule has 5 nitrogen and oxygen atoms in total. The molecule has 0 bridgehead atoms. The summed E-state index contributed by atoms with van der Waals surface area (Å²) in [6.45, 7) is 4.18. The minimum absolute atomic E-state index is 0.0629. The number of carboxylic acid groups (broad SMARTS) is 1. The molecule has 4 aliphatic rings. The van der Waals surface area contributed by atoms with Crippen LogP contribution in [-0.4, -0.2) is 54.1 Å². The lowest BCUT2D eigenvalue weighted by molar-refractivity contribution is -0.135. The Balaban J connectivity index is 1.33. The average molecular weight is 476 g/mol. The molecule has 5 atom stereocenters. The number of rotatable bonds is 5. The predicted molar refractivity (Wildman–Crippen MR) is 123 cm³/mol. The van der Waals surface area contributed by atoms with E-state index in [4.69, 9.17) is 4.74 Å². The molecule has 1 aliphatic heterocycles. The second kappa shape index (κ2) is 8.89. The monoisotopic (exact) mass is 475 g/mol. The summed E-state index contributed by atoms with van der Waals surface area (Å²) in [5.41, 5.74) is 1.54. The highest BCUT2D eigenvalue weighted by Crippen LogP contribution is 2.68. The zero-order valence-corrected chi connectivity index (χ0v) is 19.9. The summed E-state index contributed by atoms with van der Waals surface area (Å²) in [5.74, 6) is -3.24. The Hall–Kier alpha value is -2.02. The Morgan fingerprint density at radius 1 is 1.21 bits per heavy atom. The van der Waals surface area contributed by atoms with Crippen molar-refractivity contribution < 1.29 is 28.2 Å². The first-order valence-electron chi connectivity index (χ1n) is 12.8. The zero-order valence-electron chi connectivity index (χ0n) is 19.9. The van der Waals surface area contributed by atoms with Gasteiger partial charge in [0.1, 0.15) is 0 Å². The first kappa shape index (κ1) is 23.7. The van der Waals surface area contributed by atoms with Crippen LogP contribution < -0.4 is 0 Å². The van der Waals surface area contributed by atoms with Crippen LogP contribution in [0.2, 0.25) is 0 Å². The summed E-state index contributed by atoms with van der Waals surface area (Å²) in [6, 6.07) is 5.37. The van der Waals surface area contributed by atoms with E-state index >= 15 is 8.78 Å². The fourth-order valence-corrected chi connectivity index (χ4v) is 7.72. The van der Waals surface area contributed by atoms with Gasteiger partial charge in [0, 0.05) is 31.3 Å². The van der Waals surface area contributed by atoms with Crippen LogP contribution >= 0.6 is 0 Å². The number of morpholine rings is 1. The number of halogens is 2. The Bertz CT molecular complexity index is 960. The molecule has 0 radical (unpaired) electrons. The van der Waals surface area contributed by atoms with E-state index < -0.39 is 17.3 Å². The van der Waals surface area contributed by atoms with Crippen molar-refractivity contribution in [1.29, 1.82) is 0 Å². The molecule has 3 fully saturated rings. The van der Waals surface area contributed by atoms with Crippen LogP contribution in [0.15, 0.2) is 18.2 Å². The second-order valence-electron chi connectivity index (χ2n) is 11.1. The zero-order chi connectivity index (χ0) is 24.1. The van der Waals surface area contributed by atoms with E-state index in [1.165, 1.54) is 5.56 Å². The van der Waals surface area contributed by atoms with Gasteiger partial charge in [0.25, 0.3) is 5.92 Å². The molecule has 1 aromatic rings. The summed E-state index contributed by atoms with van der Waals surface area (Å²) in [5, 5.41) is 9.36. The van der Waals surface area contributed by atoms with Gasteiger partial charge in [0.15, 0.2) is 0 Å². The minimum Gasteiger partial charge on any atom is -0.478 e. The highest BCUT2D eigenvalue weighted by atomic mass is 19.3. The molecule has 0 aromatic heterocycles. The molecule has 3 aliphatic carbocycles. The van der Waals surface area contributed by atoms with Gasteiger partial charge in [-0.2, -0.15) is 0 Å². The molecule has 2 unspecified atom stereocenters. The van der Waals surface area contributed by atoms with E-state index in [-0.39, 0.29) is 36.0 Å². The number of benzene rings is 1. The lowest BCUT2D eigenvalue weighted by Crippen LogP contribution is -2.47. The predicted octanol–water partition coefficient (Wildman–Crippen LogP) is 5.13. The van der Waals surface area contributed by atoms with Gasteiger partial charge >= 0.3 is 5.97 Å². The van der Waals surface area contributed by atoms with Gasteiger partial charge in [0.2, 0.25) is 5.91 Å². The number of nitrogens with zero attached hydrogens (tertiary/aromatic N) is 1. The van der Waals surface area contributed by atoms with Crippen LogP contribution in [0, 0.1) is 23.2 Å². The second-order valence-corrected chi connectivity index (χ2v) is 11.1. The van der Waals surface area contributed by atoms with Gasteiger partial charge < -0.3 is 14.7 Å². The maximum absolute atomic E-state index is 15.4. The van der Waals surface area contributed by atoms with Crippen molar-refractivity contribution in [3.05, 3.63) is 34.9 Å². The van der Waals surface area contributed by atoms with E-state index in [9.17, 15) is 14.7 Å². The van der Waals surface area contributed by atoms with E-state index in [0.29, 0.717) is 57.6 Å². The van der Waals surface area contributed by atoms with Crippen molar-refractivity contribution in [3.8, 4) is 0 Å². The molecule has 186 valence electrons. The number of aryl methyl sites for hydroxylation is 1. The van der Waals surface area contributed by atoms with Crippen molar-refractivity contribution in [1.82, 2.24) is 4.90 Å². The number of carboxylic acids is 1. The standard InChI is InChI=1S/C27H35F2NO4/c1-26-10-9-21-20-7-6-18(25(32)33)15-17(20)5-8-22(21)24(26)19(16-27(26,28)29)3-2-4-23(31)30-11-13-34-14-12-30/h6-7,15,19,21-22,24H,2-5,8-14,16H2,1H3,(H,32,33)/t19?,21-,22-,24?,26+/m1/s1. The average Bonchev–Trinajstić information content (AvgIpc) is 3.03. The molecule has 34 heavy (non-hydrogen) atoms. The number of carbonyl (C=O) groups excluding carboxylic acids is 1. The molecule has 1 N–H and O–H groups in total. The number of carbonyl (C=O) groups is 2. The van der Waals surface area contributed by atoms with Crippen LogP contribution in [0.4, 0.5) is 8.78 Å². The molecular formula is C27H35F2NO4. The van der Waals surface area contributed by atoms with E-state index in [1.807, 2.05) is 11.0 Å². The maximum atomic E-state index is 15.4. The summed E-state index contributed by atoms with van der Waals surface area (Å²) >= 11 is 0. The summed E-state index contributed by atoms with van der Waals surface area (Å²) in [4.78, 5) is 25.8. The number of fused-ring (bicyclic) bond motifs is 5. The number of amides is 1. The van der Waals surface area contributed by atoms with Crippen molar-refractivity contribution in [2.75, 3.05) is 26.3 Å². The lowest BCUT2D eigenvalue weighted by atomic mass is 9.53. The molecule has 5 rings (SSSR count). The van der Waals surface area contributed by atoms with Crippen LogP contribution in [0.5, 0.6) is 0 Å². The van der Waals surface area contributed by atoms with Crippen molar-refractivity contribution in [2.45, 2.75) is 70.1 Å². The first-order chi connectivity index (χ1) is 16.2. The van der Waals surface area contributed by atoms with E-state index in [0.717, 1.165) is 24.8 Å². The largest absolute Gasteiger partial charge is 0.478 e. The Morgan fingerprint density at radius 3 is 2.71 bits per heavy atom. The van der Waals surface area contributed by atoms with Gasteiger partial charge in [0.05, 0.1) is 18.8 Å². The molecular weight excluding hydrogens is 440 g/mol. The molecule has 1 amide bonds. The smallest absolute Gasteiger partial charge is 0.335 e. The number of hydrogen-bond donors (Lipinski definition) is 1. The lowest BCUT2D eigenvalue weighted by Gasteiger charge is -2.51. The molecule has 7 heteroatoms. The molecule has 1 heterocycles. The third kappa shape index (κ3) is 3.94.